The van der Waals surface area contributed by atoms with Crippen LogP contribution in [-0.2, 0) is 32.7 Å². The van der Waals surface area contributed by atoms with Gasteiger partial charge in [0, 0.05) is 58.5 Å². The van der Waals surface area contributed by atoms with Crippen molar-refractivity contribution in [3.63, 3.8) is 0 Å². The van der Waals surface area contributed by atoms with Crippen LogP contribution in [0.25, 0.3) is 11.0 Å². The molecule has 0 saturated carbocycles. The maximum Gasteiger partial charge on any atom is 0.335 e. The number of hydrogen-bond donors (Lipinski definition) is 3. The molecule has 3 N–H and O–H groups in total. The minimum atomic E-state index is -1.39. The zero-order valence-corrected chi connectivity index (χ0v) is 32.7. The minimum absolute atomic E-state index is 0.0496. The summed E-state index contributed by atoms with van der Waals surface area (Å²) in [5.41, 5.74) is 4.50. The van der Waals surface area contributed by atoms with Crippen molar-refractivity contribution in [2.45, 2.75) is 74.8 Å². The molecule has 7 aliphatic rings. The smallest absolute Gasteiger partial charge is 0.335 e. The Labute approximate surface area is 326 Å². The van der Waals surface area contributed by atoms with Gasteiger partial charge in [-0.2, -0.15) is 0 Å². The van der Waals surface area contributed by atoms with Crippen molar-refractivity contribution in [1.29, 1.82) is 0 Å². The van der Waals surface area contributed by atoms with Crippen LogP contribution in [0.3, 0.4) is 0 Å². The molecule has 1 aromatic heterocycles. The number of aryl methyl sites for hydroxylation is 1. The molecule has 8 heterocycles. The highest BCUT2D eigenvalue weighted by Gasteiger charge is 2.62. The number of furan rings is 1. The van der Waals surface area contributed by atoms with Crippen LogP contribution in [0.5, 0.6) is 34.5 Å². The first-order valence-electron chi connectivity index (χ1n) is 18.8. The van der Waals surface area contributed by atoms with Gasteiger partial charge in [0.25, 0.3) is 0 Å². The molecule has 56 heavy (non-hydrogen) atoms. The summed E-state index contributed by atoms with van der Waals surface area (Å²) in [6.07, 6.45) is 0.0463. The van der Waals surface area contributed by atoms with Crippen molar-refractivity contribution in [2.24, 2.45) is 0 Å². The van der Waals surface area contributed by atoms with Gasteiger partial charge in [0.15, 0.2) is 28.5 Å². The van der Waals surface area contributed by atoms with Gasteiger partial charge in [-0.1, -0.05) is 6.07 Å². The molecule has 4 aromatic rings. The zero-order valence-electron chi connectivity index (χ0n) is 31.9. The average molecular weight is 786 g/mol. The summed E-state index contributed by atoms with van der Waals surface area (Å²) in [6.45, 7) is 5.36. The molecule has 0 amide bonds. The fourth-order valence-electron chi connectivity index (χ4n) is 10.4. The summed E-state index contributed by atoms with van der Waals surface area (Å²) in [5.74, 6) is 1.99. The number of carbonyl (C=O) groups is 2. The number of aliphatic hydroxyl groups is 1. The van der Waals surface area contributed by atoms with E-state index in [1.807, 2.05) is 50.1 Å². The van der Waals surface area contributed by atoms with Crippen molar-refractivity contribution in [3.05, 3.63) is 69.0 Å². The maximum atomic E-state index is 14.8. The van der Waals surface area contributed by atoms with Crippen LogP contribution in [0.1, 0.15) is 69.0 Å². The summed E-state index contributed by atoms with van der Waals surface area (Å²) in [4.78, 5) is 31.9. The summed E-state index contributed by atoms with van der Waals surface area (Å²) >= 11 is 1.49. The molecular formula is C41H43N3O11S. The number of rotatable bonds is 3. The number of nitrogens with zero attached hydrogens (tertiary/aromatic N) is 2. The molecule has 3 aromatic carbocycles. The molecule has 2 fully saturated rings. The number of phenols is 1. The third kappa shape index (κ3) is 4.71. The molecule has 14 nitrogen and oxygen atoms in total. The van der Waals surface area contributed by atoms with Crippen LogP contribution in [0.15, 0.2) is 28.7 Å². The number of ether oxygens (including phenoxy) is 6. The number of hydrogen-bond acceptors (Lipinski definition) is 15. The number of esters is 2. The molecule has 11 rings (SSSR count). The van der Waals surface area contributed by atoms with Crippen molar-refractivity contribution in [1.82, 2.24) is 15.1 Å². The van der Waals surface area contributed by atoms with E-state index in [0.29, 0.717) is 81.7 Å². The molecule has 0 aliphatic carbocycles. The fraction of sp³-hybridized carbons (Fsp3) is 0.463. The molecule has 1 unspecified atom stereocenters. The number of aromatic hydroxyl groups is 1. The molecule has 4 bridgehead atoms. The van der Waals surface area contributed by atoms with Gasteiger partial charge >= 0.3 is 11.9 Å². The van der Waals surface area contributed by atoms with Crippen molar-refractivity contribution in [3.8, 4) is 34.5 Å². The van der Waals surface area contributed by atoms with Crippen LogP contribution in [0.2, 0.25) is 0 Å². The first-order valence-corrected chi connectivity index (χ1v) is 19.9. The Morgan fingerprint density at radius 3 is 2.62 bits per heavy atom. The Bertz CT molecular complexity index is 2360. The van der Waals surface area contributed by atoms with E-state index in [4.69, 9.17) is 32.8 Å². The summed E-state index contributed by atoms with van der Waals surface area (Å²) in [6, 6.07) is 5.46. The van der Waals surface area contributed by atoms with E-state index in [1.54, 1.807) is 14.2 Å². The van der Waals surface area contributed by atoms with E-state index in [0.717, 1.165) is 22.1 Å². The molecule has 7 atom stereocenters. The van der Waals surface area contributed by atoms with Crippen LogP contribution in [-0.4, -0.2) is 97.2 Å². The number of carbonyl (C=O) groups excluding carboxylic acids is 2. The van der Waals surface area contributed by atoms with Crippen LogP contribution in [0.4, 0.5) is 0 Å². The second-order valence-corrected chi connectivity index (χ2v) is 16.7. The van der Waals surface area contributed by atoms with Crippen molar-refractivity contribution >= 4 is 34.7 Å². The van der Waals surface area contributed by atoms with E-state index in [9.17, 15) is 19.8 Å². The van der Waals surface area contributed by atoms with Gasteiger partial charge in [-0.25, -0.2) is 4.79 Å². The van der Waals surface area contributed by atoms with Gasteiger partial charge < -0.3 is 43.1 Å². The number of aliphatic hydroxyl groups excluding tert-OH is 1. The topological polar surface area (TPSA) is 162 Å². The quantitative estimate of drug-likeness (QED) is 0.197. The highest BCUT2D eigenvalue weighted by Crippen LogP contribution is 2.64. The number of likely N-dealkylation sites (N-methyl/N-ethyl adjacent to an activating group) is 1. The average Bonchev–Trinajstić information content (AvgIpc) is 3.82. The number of methoxy groups -OCH3 is 2. The fourth-order valence-corrected chi connectivity index (χ4v) is 12.1. The van der Waals surface area contributed by atoms with Gasteiger partial charge in [0.05, 0.1) is 37.6 Å². The van der Waals surface area contributed by atoms with E-state index >= 15 is 0 Å². The lowest BCUT2D eigenvalue weighted by Gasteiger charge is -2.62. The highest BCUT2D eigenvalue weighted by atomic mass is 32.2. The second-order valence-electron chi connectivity index (χ2n) is 15.5. The molecule has 15 heteroatoms. The predicted molar refractivity (Wildman–Crippen MR) is 203 cm³/mol. The van der Waals surface area contributed by atoms with Crippen molar-refractivity contribution < 1.29 is 52.6 Å². The minimum Gasteiger partial charge on any atom is -0.504 e. The monoisotopic (exact) mass is 785 g/mol. The summed E-state index contributed by atoms with van der Waals surface area (Å²) in [5, 5.41) is 28.5. The Morgan fingerprint density at radius 1 is 1.05 bits per heavy atom. The van der Waals surface area contributed by atoms with Crippen LogP contribution in [0, 0.1) is 13.8 Å². The Balaban J connectivity index is 1.23. The molecule has 1 spiro atoms. The third-order valence-electron chi connectivity index (χ3n) is 12.8. The largest absolute Gasteiger partial charge is 0.504 e. The zero-order chi connectivity index (χ0) is 38.9. The SMILES string of the molecule is COc1ccc2oc3c(c2c1)CCNC31CS[C@H]2c3c(OC(C)=O)c(C)c4c(c3[C@@H](COC1=O)N1[C@H]2[C@H]2c3c(cc(C)c(OC)c3O)C[C@@H]([C@H]1O)N2C)OCO4. The summed E-state index contributed by atoms with van der Waals surface area (Å²) in [7, 11) is 5.13. The predicted octanol–water partition coefficient (Wildman–Crippen LogP) is 4.45. The van der Waals surface area contributed by atoms with Gasteiger partial charge in [0.1, 0.15) is 35.7 Å². The van der Waals surface area contributed by atoms with E-state index in [2.05, 4.69) is 10.2 Å². The number of piperazine rings is 1. The maximum absolute atomic E-state index is 14.8. The molecule has 294 valence electrons. The number of phenolic OH excluding ortho intramolecular Hbond substituents is 1. The van der Waals surface area contributed by atoms with Gasteiger partial charge in [-0.15, -0.1) is 11.8 Å². The van der Waals surface area contributed by atoms with Gasteiger partial charge in [-0.05, 0) is 63.1 Å². The van der Waals surface area contributed by atoms with Crippen molar-refractivity contribution in [2.75, 3.05) is 47.0 Å². The third-order valence-corrected chi connectivity index (χ3v) is 14.2. The Morgan fingerprint density at radius 2 is 1.86 bits per heavy atom. The Hall–Kier alpha value is -4.67. The normalized spacial score (nSPS) is 28.9. The lowest BCUT2D eigenvalue weighted by atomic mass is 9.73. The van der Waals surface area contributed by atoms with E-state index in [-0.39, 0.29) is 30.9 Å². The second kappa shape index (κ2) is 12.7. The first kappa shape index (κ1) is 35.7. The highest BCUT2D eigenvalue weighted by molar-refractivity contribution is 7.99. The first-order chi connectivity index (χ1) is 27.0. The molecule has 7 aliphatic heterocycles. The molecular weight excluding hydrogens is 743 g/mol. The van der Waals surface area contributed by atoms with Crippen LogP contribution >= 0.6 is 11.8 Å². The number of thioether (sulfide) groups is 1. The van der Waals surface area contributed by atoms with Gasteiger partial charge in [0.2, 0.25) is 6.79 Å². The summed E-state index contributed by atoms with van der Waals surface area (Å²) < 4.78 is 42.7. The Kier molecular flexibility index (Phi) is 8.08. The standard InChI is InChI=1S/C41H43N3O11S/c1-17-11-20-12-24-39(47)44-25-14-51-40(48)41(38-22(9-10-42-41)23-13-21(49-5)7-8-26(23)55-38)15-56-37(31(44)30(43(24)4)27(20)32(46)33(17)50-6)29-28(25)36-35(52-16-53-36)18(2)34(29)54-19(3)45/h7-8,11,13,24-25,30-31,37,39,42,46-47H,9-10,12,14-16H2,1-6H3/t24-,25+,30+,31-,37-,39+,41?/m0/s1. The number of benzene rings is 3. The van der Waals surface area contributed by atoms with E-state index in [1.165, 1.54) is 18.7 Å². The lowest BCUT2D eigenvalue weighted by Crippen LogP contribution is -2.70. The molecule has 2 saturated heterocycles. The number of fused-ring (bicyclic) bond motifs is 11. The molecule has 0 radical (unpaired) electrons. The van der Waals surface area contributed by atoms with Crippen LogP contribution < -0.4 is 29.0 Å². The lowest BCUT2D eigenvalue weighted by molar-refractivity contribution is -0.186. The van der Waals surface area contributed by atoms with E-state index < -0.39 is 47.1 Å². The number of nitrogens with one attached hydrogen (secondary N) is 1. The van der Waals surface area contributed by atoms with Gasteiger partial charge in [-0.3, -0.25) is 19.9 Å².